The highest BCUT2D eigenvalue weighted by atomic mass is 79.9. The van der Waals surface area contributed by atoms with Crippen LogP contribution in [0.3, 0.4) is 0 Å². The van der Waals surface area contributed by atoms with E-state index >= 15 is 0 Å². The van der Waals surface area contributed by atoms with Crippen molar-refractivity contribution in [3.05, 3.63) is 27.7 Å². The number of rotatable bonds is 6. The zero-order chi connectivity index (χ0) is 15.5. The van der Waals surface area contributed by atoms with Gasteiger partial charge in [0, 0.05) is 23.4 Å². The molecule has 0 fully saturated rings. The molecule has 0 aromatic heterocycles. The zero-order valence-corrected chi connectivity index (χ0v) is 13.5. The van der Waals surface area contributed by atoms with Crippen molar-refractivity contribution >= 4 is 15.9 Å². The summed E-state index contributed by atoms with van der Waals surface area (Å²) in [5, 5.41) is 3.14. The van der Waals surface area contributed by atoms with Gasteiger partial charge in [-0.2, -0.15) is 13.2 Å². The van der Waals surface area contributed by atoms with E-state index in [1.807, 2.05) is 19.1 Å². The van der Waals surface area contributed by atoms with Crippen LogP contribution in [0.4, 0.5) is 13.2 Å². The molecule has 1 aromatic rings. The van der Waals surface area contributed by atoms with Crippen LogP contribution in [0.25, 0.3) is 0 Å². The van der Waals surface area contributed by atoms with E-state index in [-0.39, 0.29) is 12.5 Å². The highest BCUT2D eigenvalue weighted by Crippen LogP contribution is 2.34. The van der Waals surface area contributed by atoms with Gasteiger partial charge in [-0.05, 0) is 42.6 Å². The summed E-state index contributed by atoms with van der Waals surface area (Å²) in [6.45, 7) is 3.20. The maximum atomic E-state index is 12.4. The van der Waals surface area contributed by atoms with Crippen molar-refractivity contribution in [1.29, 1.82) is 0 Å². The minimum absolute atomic E-state index is 0.0820. The fraction of sp³-hybridized carbons (Fsp3) is 0.600. The van der Waals surface area contributed by atoms with Crippen molar-refractivity contribution < 1.29 is 17.9 Å². The van der Waals surface area contributed by atoms with Gasteiger partial charge in [0.25, 0.3) is 0 Å². The van der Waals surface area contributed by atoms with Gasteiger partial charge in [-0.15, -0.1) is 0 Å². The summed E-state index contributed by atoms with van der Waals surface area (Å²) >= 11 is 3.46. The van der Waals surface area contributed by atoms with Crippen LogP contribution >= 0.6 is 15.9 Å². The van der Waals surface area contributed by atoms with Crippen LogP contribution < -0.4 is 10.1 Å². The monoisotopic (exact) mass is 365 g/mol. The second-order valence-corrected chi connectivity index (χ2v) is 6.18. The second kappa shape index (κ2) is 7.01. The predicted octanol–water partition coefficient (Wildman–Crippen LogP) is 4.25. The number of likely N-dealkylation sites (N-methyl/N-ethyl adjacent to an activating group) is 1. The standard InChI is InChI=1S/C15H19BrF3NO/c1-2-20-13(3-5-15(17,18)19)9-11-8-12(16)7-10-4-6-21-14(10)11/h7-8,13,20H,2-6,9H2,1H3. The second-order valence-electron chi connectivity index (χ2n) is 5.26. The van der Waals surface area contributed by atoms with E-state index in [2.05, 4.69) is 21.2 Å². The summed E-state index contributed by atoms with van der Waals surface area (Å²) in [5.41, 5.74) is 2.11. The lowest BCUT2D eigenvalue weighted by Crippen LogP contribution is -2.32. The third-order valence-corrected chi connectivity index (χ3v) is 4.02. The SMILES string of the molecule is CCNC(CCC(F)(F)F)Cc1cc(Br)cc2c1OCC2. The van der Waals surface area contributed by atoms with Gasteiger partial charge in [-0.3, -0.25) is 0 Å². The third kappa shape index (κ3) is 4.88. The smallest absolute Gasteiger partial charge is 0.389 e. The summed E-state index contributed by atoms with van der Waals surface area (Å²) < 4.78 is 43.8. The molecule has 21 heavy (non-hydrogen) atoms. The van der Waals surface area contributed by atoms with E-state index in [4.69, 9.17) is 4.74 Å². The first-order valence-corrected chi connectivity index (χ1v) is 7.92. The van der Waals surface area contributed by atoms with Crippen LogP contribution in [0.15, 0.2) is 16.6 Å². The Morgan fingerprint density at radius 3 is 2.81 bits per heavy atom. The minimum atomic E-state index is -4.11. The first-order valence-electron chi connectivity index (χ1n) is 7.13. The van der Waals surface area contributed by atoms with Crippen LogP contribution in [-0.2, 0) is 12.8 Å². The summed E-state index contributed by atoms with van der Waals surface area (Å²) in [4.78, 5) is 0. The van der Waals surface area contributed by atoms with E-state index in [9.17, 15) is 13.2 Å². The number of ether oxygens (including phenoxy) is 1. The van der Waals surface area contributed by atoms with Gasteiger partial charge < -0.3 is 10.1 Å². The van der Waals surface area contributed by atoms with Gasteiger partial charge in [0.15, 0.2) is 0 Å². The number of halogens is 4. The zero-order valence-electron chi connectivity index (χ0n) is 11.9. The predicted molar refractivity (Wildman–Crippen MR) is 79.8 cm³/mol. The molecule has 0 saturated heterocycles. The molecule has 0 amide bonds. The Labute approximate surface area is 131 Å². The topological polar surface area (TPSA) is 21.3 Å². The number of nitrogens with one attached hydrogen (secondary N) is 1. The van der Waals surface area contributed by atoms with Gasteiger partial charge in [-0.1, -0.05) is 22.9 Å². The van der Waals surface area contributed by atoms with Crippen molar-refractivity contribution in [1.82, 2.24) is 5.32 Å². The van der Waals surface area contributed by atoms with Crippen LogP contribution in [0.1, 0.15) is 30.9 Å². The molecule has 0 radical (unpaired) electrons. The van der Waals surface area contributed by atoms with E-state index < -0.39 is 12.6 Å². The Morgan fingerprint density at radius 1 is 1.38 bits per heavy atom. The van der Waals surface area contributed by atoms with E-state index in [1.165, 1.54) is 0 Å². The fourth-order valence-corrected chi connectivity index (χ4v) is 3.22. The lowest BCUT2D eigenvalue weighted by atomic mass is 9.98. The molecule has 2 rings (SSSR count). The van der Waals surface area contributed by atoms with Crippen molar-refractivity contribution in [2.75, 3.05) is 13.2 Å². The highest BCUT2D eigenvalue weighted by Gasteiger charge is 2.29. The molecular weight excluding hydrogens is 347 g/mol. The Kier molecular flexibility index (Phi) is 5.54. The summed E-state index contributed by atoms with van der Waals surface area (Å²) in [7, 11) is 0. The Hall–Kier alpha value is -0.750. The highest BCUT2D eigenvalue weighted by molar-refractivity contribution is 9.10. The average molecular weight is 366 g/mol. The lowest BCUT2D eigenvalue weighted by molar-refractivity contribution is -0.136. The molecule has 0 saturated carbocycles. The first-order chi connectivity index (χ1) is 9.89. The fourth-order valence-electron chi connectivity index (χ4n) is 2.67. The molecule has 1 aliphatic rings. The molecular formula is C15H19BrF3NO. The first kappa shape index (κ1) is 16.6. The molecule has 1 atom stereocenters. The van der Waals surface area contributed by atoms with Crippen LogP contribution in [0, 0.1) is 0 Å². The number of hydrogen-bond acceptors (Lipinski definition) is 2. The normalized spacial score (nSPS) is 15.7. The summed E-state index contributed by atoms with van der Waals surface area (Å²) in [6, 6.07) is 3.77. The molecule has 1 aromatic carbocycles. The molecule has 1 unspecified atom stereocenters. The number of benzene rings is 1. The number of fused-ring (bicyclic) bond motifs is 1. The van der Waals surface area contributed by atoms with E-state index in [0.29, 0.717) is 19.6 Å². The van der Waals surface area contributed by atoms with Crippen molar-refractivity contribution in [3.8, 4) is 5.75 Å². The summed E-state index contributed by atoms with van der Waals surface area (Å²) in [6.07, 6.45) is -3.38. The molecule has 6 heteroatoms. The molecule has 1 aliphatic heterocycles. The Morgan fingerprint density at radius 2 is 2.14 bits per heavy atom. The van der Waals surface area contributed by atoms with Crippen molar-refractivity contribution in [2.45, 2.75) is 44.8 Å². The number of alkyl halides is 3. The largest absolute Gasteiger partial charge is 0.493 e. The maximum Gasteiger partial charge on any atom is 0.389 e. The van der Waals surface area contributed by atoms with Crippen LogP contribution in [0.5, 0.6) is 5.75 Å². The molecule has 1 N–H and O–H groups in total. The molecule has 118 valence electrons. The van der Waals surface area contributed by atoms with Crippen molar-refractivity contribution in [3.63, 3.8) is 0 Å². The van der Waals surface area contributed by atoms with Gasteiger partial charge >= 0.3 is 6.18 Å². The Balaban J connectivity index is 2.10. The van der Waals surface area contributed by atoms with Crippen LogP contribution in [0.2, 0.25) is 0 Å². The molecule has 0 bridgehead atoms. The van der Waals surface area contributed by atoms with Gasteiger partial charge in [0.1, 0.15) is 5.75 Å². The van der Waals surface area contributed by atoms with E-state index in [1.54, 1.807) is 0 Å². The molecule has 1 heterocycles. The quantitative estimate of drug-likeness (QED) is 0.813. The van der Waals surface area contributed by atoms with Gasteiger partial charge in [0.05, 0.1) is 6.61 Å². The third-order valence-electron chi connectivity index (χ3n) is 3.56. The molecule has 2 nitrogen and oxygen atoms in total. The molecule has 0 spiro atoms. The van der Waals surface area contributed by atoms with E-state index in [0.717, 1.165) is 27.8 Å². The lowest BCUT2D eigenvalue weighted by Gasteiger charge is -2.20. The van der Waals surface area contributed by atoms with Gasteiger partial charge in [0.2, 0.25) is 0 Å². The maximum absolute atomic E-state index is 12.4. The van der Waals surface area contributed by atoms with Crippen LogP contribution in [-0.4, -0.2) is 25.4 Å². The molecule has 0 aliphatic carbocycles. The number of hydrogen-bond donors (Lipinski definition) is 1. The van der Waals surface area contributed by atoms with Gasteiger partial charge in [-0.25, -0.2) is 0 Å². The average Bonchev–Trinajstić information content (AvgIpc) is 2.83. The Bertz CT molecular complexity index is 491. The van der Waals surface area contributed by atoms with Crippen molar-refractivity contribution in [2.24, 2.45) is 0 Å². The summed E-state index contributed by atoms with van der Waals surface area (Å²) in [5.74, 6) is 0.855. The minimum Gasteiger partial charge on any atom is -0.493 e.